The molecule has 2 heterocycles. The smallest absolute Gasteiger partial charge is 0.318 e. The largest absolute Gasteiger partial charge is 0.338 e. The van der Waals surface area contributed by atoms with Gasteiger partial charge < -0.3 is 10.2 Å². The quantitative estimate of drug-likeness (QED) is 0.802. The number of amides is 2. The van der Waals surface area contributed by atoms with Gasteiger partial charge in [0, 0.05) is 13.1 Å². The minimum absolute atomic E-state index is 0.0181. The number of likely N-dealkylation sites (tertiary alicyclic amines) is 1. The molecule has 6 nitrogen and oxygen atoms in total. The zero-order chi connectivity index (χ0) is 12.8. The van der Waals surface area contributed by atoms with Crippen LogP contribution in [0.5, 0.6) is 0 Å². The number of carbonyl (C=O) groups is 1. The van der Waals surface area contributed by atoms with Crippen molar-refractivity contribution in [2.75, 3.05) is 13.1 Å². The molecule has 18 heavy (non-hydrogen) atoms. The molecule has 1 saturated heterocycles. The summed E-state index contributed by atoms with van der Waals surface area (Å²) in [6, 6.07) is 0.0624. The first-order valence-corrected chi connectivity index (χ1v) is 6.72. The highest BCUT2D eigenvalue weighted by atomic mass is 16.2. The van der Waals surface area contributed by atoms with Gasteiger partial charge in [-0.1, -0.05) is 13.3 Å². The molecule has 100 valence electrons. The number of aromatic amines is 1. The van der Waals surface area contributed by atoms with E-state index in [1.54, 1.807) is 0 Å². The van der Waals surface area contributed by atoms with Crippen LogP contribution in [0, 0.1) is 0 Å². The molecule has 1 aromatic heterocycles. The van der Waals surface area contributed by atoms with E-state index in [1.807, 2.05) is 4.90 Å². The Labute approximate surface area is 107 Å². The number of urea groups is 1. The molecule has 1 fully saturated rings. The van der Waals surface area contributed by atoms with Gasteiger partial charge in [-0.3, -0.25) is 5.10 Å². The van der Waals surface area contributed by atoms with E-state index >= 15 is 0 Å². The molecule has 2 amide bonds. The molecule has 2 rings (SSSR count). The summed E-state index contributed by atoms with van der Waals surface area (Å²) in [6.45, 7) is 3.66. The Morgan fingerprint density at radius 3 is 3.22 bits per heavy atom. The van der Waals surface area contributed by atoms with Gasteiger partial charge in [-0.25, -0.2) is 9.78 Å². The van der Waals surface area contributed by atoms with Crippen LogP contribution >= 0.6 is 0 Å². The lowest BCUT2D eigenvalue weighted by molar-refractivity contribution is 0.147. The SMILES string of the molecule is CCCCNC(=O)N1CCCCC1c1ncn[nH]1. The highest BCUT2D eigenvalue weighted by Gasteiger charge is 2.29. The minimum atomic E-state index is 0.0181. The molecule has 0 spiro atoms. The van der Waals surface area contributed by atoms with Gasteiger partial charge in [0.05, 0.1) is 6.04 Å². The van der Waals surface area contributed by atoms with E-state index in [-0.39, 0.29) is 12.1 Å². The molecule has 1 aromatic rings. The summed E-state index contributed by atoms with van der Waals surface area (Å²) in [5.41, 5.74) is 0. The van der Waals surface area contributed by atoms with Crippen LogP contribution in [0.1, 0.15) is 50.9 Å². The highest BCUT2D eigenvalue weighted by Crippen LogP contribution is 2.28. The molecule has 1 atom stereocenters. The Balaban J connectivity index is 1.97. The van der Waals surface area contributed by atoms with Crippen LogP contribution in [0.3, 0.4) is 0 Å². The number of hydrogen-bond acceptors (Lipinski definition) is 3. The van der Waals surface area contributed by atoms with Crippen molar-refractivity contribution in [2.45, 2.75) is 45.1 Å². The third-order valence-electron chi connectivity index (χ3n) is 3.32. The van der Waals surface area contributed by atoms with Crippen molar-refractivity contribution in [3.8, 4) is 0 Å². The summed E-state index contributed by atoms with van der Waals surface area (Å²) in [5.74, 6) is 0.792. The molecule has 0 aliphatic carbocycles. The molecule has 1 aliphatic heterocycles. The number of nitrogens with one attached hydrogen (secondary N) is 2. The summed E-state index contributed by atoms with van der Waals surface area (Å²) in [4.78, 5) is 18.2. The standard InChI is InChI=1S/C12H21N5O/c1-2-3-7-13-12(18)17-8-5-4-6-10(17)11-14-9-15-16-11/h9-10H,2-8H2,1H3,(H,13,18)(H,14,15,16). The maximum absolute atomic E-state index is 12.1. The minimum Gasteiger partial charge on any atom is -0.338 e. The number of rotatable bonds is 4. The fraction of sp³-hybridized carbons (Fsp3) is 0.750. The van der Waals surface area contributed by atoms with Crippen molar-refractivity contribution in [1.29, 1.82) is 0 Å². The molecule has 0 radical (unpaired) electrons. The van der Waals surface area contributed by atoms with Crippen LogP contribution in [-0.2, 0) is 0 Å². The van der Waals surface area contributed by atoms with Crippen molar-refractivity contribution in [1.82, 2.24) is 25.4 Å². The third kappa shape index (κ3) is 3.00. The van der Waals surface area contributed by atoms with Crippen molar-refractivity contribution in [3.63, 3.8) is 0 Å². The van der Waals surface area contributed by atoms with E-state index < -0.39 is 0 Å². The van der Waals surface area contributed by atoms with E-state index in [1.165, 1.54) is 6.33 Å². The lowest BCUT2D eigenvalue weighted by Crippen LogP contribution is -2.45. The summed E-state index contributed by atoms with van der Waals surface area (Å²) in [5, 5.41) is 9.72. The van der Waals surface area contributed by atoms with Crippen LogP contribution in [-0.4, -0.2) is 39.2 Å². The summed E-state index contributed by atoms with van der Waals surface area (Å²) < 4.78 is 0. The zero-order valence-corrected chi connectivity index (χ0v) is 10.9. The highest BCUT2D eigenvalue weighted by molar-refractivity contribution is 5.74. The maximum atomic E-state index is 12.1. The van der Waals surface area contributed by atoms with E-state index in [4.69, 9.17) is 0 Å². The normalized spacial score (nSPS) is 19.8. The zero-order valence-electron chi connectivity index (χ0n) is 10.9. The third-order valence-corrected chi connectivity index (χ3v) is 3.32. The Kier molecular flexibility index (Phi) is 4.55. The topological polar surface area (TPSA) is 73.9 Å². The number of carbonyl (C=O) groups excluding carboxylic acids is 1. The van der Waals surface area contributed by atoms with Gasteiger partial charge >= 0.3 is 6.03 Å². The molecule has 1 unspecified atom stereocenters. The van der Waals surface area contributed by atoms with Crippen molar-refractivity contribution >= 4 is 6.03 Å². The Morgan fingerprint density at radius 1 is 1.61 bits per heavy atom. The first kappa shape index (κ1) is 12.9. The van der Waals surface area contributed by atoms with Crippen molar-refractivity contribution in [3.05, 3.63) is 12.2 Å². The predicted molar refractivity (Wildman–Crippen MR) is 68.0 cm³/mol. The fourth-order valence-corrected chi connectivity index (χ4v) is 2.31. The lowest BCUT2D eigenvalue weighted by Gasteiger charge is -2.34. The monoisotopic (exact) mass is 251 g/mol. The number of aromatic nitrogens is 3. The molecule has 0 saturated carbocycles. The van der Waals surface area contributed by atoms with Crippen LogP contribution in [0.2, 0.25) is 0 Å². The van der Waals surface area contributed by atoms with E-state index in [9.17, 15) is 4.79 Å². The Morgan fingerprint density at radius 2 is 2.50 bits per heavy atom. The van der Waals surface area contributed by atoms with Gasteiger partial charge in [0.25, 0.3) is 0 Å². The van der Waals surface area contributed by atoms with Gasteiger partial charge in [0.2, 0.25) is 0 Å². The molecule has 6 heteroatoms. The van der Waals surface area contributed by atoms with E-state index in [0.717, 1.165) is 51.0 Å². The summed E-state index contributed by atoms with van der Waals surface area (Å²) in [7, 11) is 0. The summed E-state index contributed by atoms with van der Waals surface area (Å²) in [6.07, 6.45) is 6.75. The molecular weight excluding hydrogens is 230 g/mol. The first-order chi connectivity index (χ1) is 8.83. The predicted octanol–water partition coefficient (Wildman–Crippen LogP) is 1.84. The second kappa shape index (κ2) is 6.37. The molecule has 2 N–H and O–H groups in total. The van der Waals surface area contributed by atoms with Crippen LogP contribution in [0.25, 0.3) is 0 Å². The average molecular weight is 251 g/mol. The van der Waals surface area contributed by atoms with Gasteiger partial charge in [-0.15, -0.1) is 0 Å². The molecule has 0 bridgehead atoms. The average Bonchev–Trinajstić information content (AvgIpc) is 2.93. The van der Waals surface area contributed by atoms with Crippen LogP contribution in [0.15, 0.2) is 6.33 Å². The molecular formula is C12H21N5O. The van der Waals surface area contributed by atoms with Gasteiger partial charge in [-0.2, -0.15) is 5.10 Å². The fourth-order valence-electron chi connectivity index (χ4n) is 2.31. The second-order valence-electron chi connectivity index (χ2n) is 4.66. The first-order valence-electron chi connectivity index (χ1n) is 6.72. The number of nitrogens with zero attached hydrogens (tertiary/aromatic N) is 3. The second-order valence-corrected chi connectivity index (χ2v) is 4.66. The van der Waals surface area contributed by atoms with Crippen LogP contribution in [0.4, 0.5) is 4.79 Å². The molecule has 0 aromatic carbocycles. The van der Waals surface area contributed by atoms with Crippen molar-refractivity contribution in [2.24, 2.45) is 0 Å². The summed E-state index contributed by atoms with van der Waals surface area (Å²) >= 11 is 0. The maximum Gasteiger partial charge on any atom is 0.318 e. The van der Waals surface area contributed by atoms with Gasteiger partial charge in [0.1, 0.15) is 12.2 Å². The lowest BCUT2D eigenvalue weighted by atomic mass is 10.0. The van der Waals surface area contributed by atoms with E-state index in [0.29, 0.717) is 0 Å². The molecule has 1 aliphatic rings. The van der Waals surface area contributed by atoms with Crippen LogP contribution < -0.4 is 5.32 Å². The number of piperidine rings is 1. The number of hydrogen-bond donors (Lipinski definition) is 2. The van der Waals surface area contributed by atoms with Gasteiger partial charge in [-0.05, 0) is 25.7 Å². The Bertz CT molecular complexity index is 365. The number of unbranched alkanes of at least 4 members (excludes halogenated alkanes) is 1. The number of H-pyrrole nitrogens is 1. The van der Waals surface area contributed by atoms with Crippen molar-refractivity contribution < 1.29 is 4.79 Å². The van der Waals surface area contributed by atoms with E-state index in [2.05, 4.69) is 27.4 Å². The Hall–Kier alpha value is -1.59. The van der Waals surface area contributed by atoms with Gasteiger partial charge in [0.15, 0.2) is 0 Å².